The average Bonchev–Trinajstić information content (AvgIpc) is 3.52. The van der Waals surface area contributed by atoms with E-state index in [0.717, 1.165) is 18.4 Å². The quantitative estimate of drug-likeness (QED) is 0.697. The Hall–Kier alpha value is -3.15. The van der Waals surface area contributed by atoms with Crippen LogP contribution in [0.25, 0.3) is 0 Å². The van der Waals surface area contributed by atoms with E-state index in [-0.39, 0.29) is 30.1 Å². The zero-order chi connectivity index (χ0) is 18.4. The minimum atomic E-state index is -0.498. The Labute approximate surface area is 152 Å². The molecule has 0 aromatic heterocycles. The van der Waals surface area contributed by atoms with Gasteiger partial charge in [0.15, 0.2) is 0 Å². The Morgan fingerprint density at radius 3 is 2.12 bits per heavy atom. The molecule has 6 nitrogen and oxygen atoms in total. The number of hydrogen-bond donors (Lipinski definition) is 3. The van der Waals surface area contributed by atoms with Gasteiger partial charge in [-0.15, -0.1) is 0 Å². The fraction of sp³-hybridized carbons (Fsp3) is 0.250. The van der Waals surface area contributed by atoms with E-state index in [1.807, 2.05) is 36.4 Å². The zero-order valence-corrected chi connectivity index (χ0v) is 14.3. The van der Waals surface area contributed by atoms with Gasteiger partial charge in [0.1, 0.15) is 0 Å². The van der Waals surface area contributed by atoms with Gasteiger partial charge in [0.2, 0.25) is 11.8 Å². The zero-order valence-electron chi connectivity index (χ0n) is 14.3. The normalized spacial score (nSPS) is 14.2. The summed E-state index contributed by atoms with van der Waals surface area (Å²) in [6, 6.07) is 17.6. The average molecular weight is 351 g/mol. The van der Waals surface area contributed by atoms with E-state index < -0.39 is 6.04 Å². The van der Waals surface area contributed by atoms with Gasteiger partial charge in [0.25, 0.3) is 5.91 Å². The molecule has 26 heavy (non-hydrogen) atoms. The Morgan fingerprint density at radius 1 is 0.885 bits per heavy atom. The van der Waals surface area contributed by atoms with Crippen LogP contribution in [-0.2, 0) is 9.59 Å². The van der Waals surface area contributed by atoms with Crippen LogP contribution in [0, 0.1) is 5.92 Å². The predicted octanol–water partition coefficient (Wildman–Crippen LogP) is 2.11. The summed E-state index contributed by atoms with van der Waals surface area (Å²) in [4.78, 5) is 36.3. The Morgan fingerprint density at radius 2 is 1.50 bits per heavy atom. The molecule has 3 rings (SSSR count). The van der Waals surface area contributed by atoms with Crippen molar-refractivity contribution in [2.75, 3.05) is 0 Å². The summed E-state index contributed by atoms with van der Waals surface area (Å²) >= 11 is 0. The molecule has 0 aliphatic heterocycles. The van der Waals surface area contributed by atoms with E-state index in [1.165, 1.54) is 0 Å². The largest absolute Gasteiger partial charge is 0.345 e. The molecule has 2 aromatic rings. The van der Waals surface area contributed by atoms with Crippen molar-refractivity contribution in [1.29, 1.82) is 0 Å². The molecule has 0 saturated heterocycles. The molecule has 0 radical (unpaired) electrons. The van der Waals surface area contributed by atoms with Gasteiger partial charge in [-0.25, -0.2) is 0 Å². The number of benzene rings is 2. The summed E-state index contributed by atoms with van der Waals surface area (Å²) in [5, 5.41) is 2.89. The topological polar surface area (TPSA) is 87.3 Å². The lowest BCUT2D eigenvalue weighted by molar-refractivity contribution is -0.129. The molecule has 6 heteroatoms. The first-order valence-electron chi connectivity index (χ1n) is 8.63. The molecule has 3 amide bonds. The van der Waals surface area contributed by atoms with E-state index in [2.05, 4.69) is 16.2 Å². The SMILES string of the molecule is O=C(CC(NC(=O)c1ccccc1)c1ccccc1)NNC(=O)C1CC1. The van der Waals surface area contributed by atoms with Crippen LogP contribution in [0.5, 0.6) is 0 Å². The third-order valence-corrected chi connectivity index (χ3v) is 4.21. The highest BCUT2D eigenvalue weighted by atomic mass is 16.2. The Bertz CT molecular complexity index is 773. The van der Waals surface area contributed by atoms with Crippen LogP contribution in [0.1, 0.15) is 41.2 Å². The summed E-state index contributed by atoms with van der Waals surface area (Å²) < 4.78 is 0. The summed E-state index contributed by atoms with van der Waals surface area (Å²) in [6.07, 6.45) is 1.75. The smallest absolute Gasteiger partial charge is 0.251 e. The first-order chi connectivity index (χ1) is 12.6. The maximum Gasteiger partial charge on any atom is 0.251 e. The highest BCUT2D eigenvalue weighted by molar-refractivity contribution is 5.94. The van der Waals surface area contributed by atoms with Crippen LogP contribution in [0.3, 0.4) is 0 Å². The Kier molecular flexibility index (Phi) is 5.63. The van der Waals surface area contributed by atoms with Crippen molar-refractivity contribution in [3.8, 4) is 0 Å². The van der Waals surface area contributed by atoms with Crippen LogP contribution in [0.2, 0.25) is 0 Å². The molecule has 2 aromatic carbocycles. The lowest BCUT2D eigenvalue weighted by atomic mass is 10.0. The van der Waals surface area contributed by atoms with Gasteiger partial charge in [-0.3, -0.25) is 25.2 Å². The van der Waals surface area contributed by atoms with Crippen LogP contribution in [0.4, 0.5) is 0 Å². The minimum absolute atomic E-state index is 0.0120. The standard InChI is InChI=1S/C20H21N3O3/c24-18(22-23-20(26)16-11-12-16)13-17(14-7-3-1-4-8-14)21-19(25)15-9-5-2-6-10-15/h1-10,16-17H,11-13H2,(H,21,25)(H,22,24)(H,23,26). The number of hydrazine groups is 1. The third-order valence-electron chi connectivity index (χ3n) is 4.21. The molecule has 1 aliphatic rings. The van der Waals surface area contributed by atoms with Crippen LogP contribution in [0.15, 0.2) is 60.7 Å². The lowest BCUT2D eigenvalue weighted by Gasteiger charge is -2.19. The fourth-order valence-corrected chi connectivity index (χ4v) is 2.58. The molecule has 134 valence electrons. The molecule has 1 saturated carbocycles. The van der Waals surface area contributed by atoms with Crippen molar-refractivity contribution in [3.63, 3.8) is 0 Å². The molecule has 1 fully saturated rings. The number of carbonyl (C=O) groups is 3. The molecule has 0 bridgehead atoms. The van der Waals surface area contributed by atoms with Crippen molar-refractivity contribution in [3.05, 3.63) is 71.8 Å². The molecule has 1 unspecified atom stereocenters. The molecule has 1 aliphatic carbocycles. The fourth-order valence-electron chi connectivity index (χ4n) is 2.58. The van der Waals surface area contributed by atoms with Gasteiger partial charge in [-0.1, -0.05) is 48.5 Å². The van der Waals surface area contributed by atoms with Gasteiger partial charge < -0.3 is 5.32 Å². The van der Waals surface area contributed by atoms with Gasteiger partial charge in [0, 0.05) is 11.5 Å². The van der Waals surface area contributed by atoms with Crippen molar-refractivity contribution >= 4 is 17.7 Å². The minimum Gasteiger partial charge on any atom is -0.345 e. The molecular formula is C20H21N3O3. The third kappa shape index (κ3) is 4.92. The maximum absolute atomic E-state index is 12.5. The molecular weight excluding hydrogens is 330 g/mol. The van der Waals surface area contributed by atoms with Crippen molar-refractivity contribution in [2.24, 2.45) is 5.92 Å². The highest BCUT2D eigenvalue weighted by Gasteiger charge is 2.30. The van der Waals surface area contributed by atoms with E-state index in [0.29, 0.717) is 5.56 Å². The number of nitrogens with one attached hydrogen (secondary N) is 3. The van der Waals surface area contributed by atoms with Crippen LogP contribution >= 0.6 is 0 Å². The molecule has 0 spiro atoms. The van der Waals surface area contributed by atoms with Crippen LogP contribution < -0.4 is 16.2 Å². The first-order valence-corrected chi connectivity index (χ1v) is 8.63. The van der Waals surface area contributed by atoms with E-state index in [1.54, 1.807) is 24.3 Å². The van der Waals surface area contributed by atoms with Crippen LogP contribution in [-0.4, -0.2) is 17.7 Å². The number of amides is 3. The molecule has 1 atom stereocenters. The monoisotopic (exact) mass is 351 g/mol. The maximum atomic E-state index is 12.5. The van der Waals surface area contributed by atoms with E-state index in [9.17, 15) is 14.4 Å². The highest BCUT2D eigenvalue weighted by Crippen LogP contribution is 2.28. The molecule has 0 heterocycles. The van der Waals surface area contributed by atoms with E-state index >= 15 is 0 Å². The first kappa shape index (κ1) is 17.7. The second-order valence-corrected chi connectivity index (χ2v) is 6.32. The van der Waals surface area contributed by atoms with Crippen molar-refractivity contribution in [1.82, 2.24) is 16.2 Å². The van der Waals surface area contributed by atoms with Gasteiger partial charge in [-0.05, 0) is 30.5 Å². The van der Waals surface area contributed by atoms with Crippen molar-refractivity contribution in [2.45, 2.75) is 25.3 Å². The summed E-state index contributed by atoms with van der Waals surface area (Å²) in [6.45, 7) is 0. The molecule has 3 N–H and O–H groups in total. The Balaban J connectivity index is 1.64. The van der Waals surface area contributed by atoms with Gasteiger partial charge in [-0.2, -0.15) is 0 Å². The number of rotatable bonds is 6. The lowest BCUT2D eigenvalue weighted by Crippen LogP contribution is -2.44. The number of hydrogen-bond acceptors (Lipinski definition) is 3. The van der Waals surface area contributed by atoms with E-state index in [4.69, 9.17) is 0 Å². The second-order valence-electron chi connectivity index (χ2n) is 6.32. The van der Waals surface area contributed by atoms with Gasteiger partial charge in [0.05, 0.1) is 12.5 Å². The summed E-state index contributed by atoms with van der Waals surface area (Å²) in [5.41, 5.74) is 6.21. The predicted molar refractivity (Wildman–Crippen MR) is 96.7 cm³/mol. The van der Waals surface area contributed by atoms with Crippen molar-refractivity contribution < 1.29 is 14.4 Å². The number of carbonyl (C=O) groups excluding carboxylic acids is 3. The van der Waals surface area contributed by atoms with Gasteiger partial charge >= 0.3 is 0 Å². The second kappa shape index (κ2) is 8.29. The summed E-state index contributed by atoms with van der Waals surface area (Å²) in [5.74, 6) is -0.767. The summed E-state index contributed by atoms with van der Waals surface area (Å²) in [7, 11) is 0.